The molecule has 22 heavy (non-hydrogen) atoms. The van der Waals surface area contributed by atoms with E-state index in [0.717, 1.165) is 11.3 Å². The molecule has 1 aromatic rings. The molecule has 1 fully saturated rings. The van der Waals surface area contributed by atoms with E-state index in [1.165, 1.54) is 0 Å². The zero-order valence-corrected chi connectivity index (χ0v) is 12.5. The Bertz CT molecular complexity index is 581. The molecule has 118 valence electrons. The zero-order chi connectivity index (χ0) is 15.7. The molecule has 2 unspecified atom stereocenters. The van der Waals surface area contributed by atoms with Crippen LogP contribution in [0.25, 0.3) is 0 Å². The topological polar surface area (TPSA) is 78.9 Å². The molecule has 2 aliphatic rings. The SMILES string of the molecule is CC1Oc2ccccc2C1NC(=O)N1CCC(C(=O)O)CC1. The molecule has 2 amide bonds. The van der Waals surface area contributed by atoms with Gasteiger partial charge in [-0.2, -0.15) is 0 Å². The summed E-state index contributed by atoms with van der Waals surface area (Å²) >= 11 is 0. The molecule has 0 saturated carbocycles. The Morgan fingerprint density at radius 1 is 1.27 bits per heavy atom. The van der Waals surface area contributed by atoms with Crippen LogP contribution in [0.4, 0.5) is 4.79 Å². The van der Waals surface area contributed by atoms with Crippen molar-refractivity contribution in [1.29, 1.82) is 0 Å². The molecule has 1 aromatic carbocycles. The number of nitrogens with zero attached hydrogens (tertiary/aromatic N) is 1. The molecule has 1 saturated heterocycles. The predicted octanol–water partition coefficient (Wildman–Crippen LogP) is 2.01. The fourth-order valence-corrected chi connectivity index (χ4v) is 3.11. The first-order valence-electron chi connectivity index (χ1n) is 7.60. The van der Waals surface area contributed by atoms with Crippen molar-refractivity contribution in [2.45, 2.75) is 31.9 Å². The number of aliphatic carboxylic acids is 1. The first kappa shape index (κ1) is 14.7. The largest absolute Gasteiger partial charge is 0.488 e. The Morgan fingerprint density at radius 2 is 1.95 bits per heavy atom. The molecule has 0 aromatic heterocycles. The lowest BCUT2D eigenvalue weighted by Gasteiger charge is -2.31. The van der Waals surface area contributed by atoms with Gasteiger partial charge in [-0.1, -0.05) is 18.2 Å². The van der Waals surface area contributed by atoms with Crippen LogP contribution in [-0.2, 0) is 4.79 Å². The standard InChI is InChI=1S/C16H20N2O4/c1-10-14(12-4-2-3-5-13(12)22-10)17-16(21)18-8-6-11(7-9-18)15(19)20/h2-5,10-11,14H,6-9H2,1H3,(H,17,21)(H,19,20). The van der Waals surface area contributed by atoms with Gasteiger partial charge < -0.3 is 20.1 Å². The summed E-state index contributed by atoms with van der Waals surface area (Å²) in [7, 11) is 0. The van der Waals surface area contributed by atoms with Crippen LogP contribution in [0.2, 0.25) is 0 Å². The normalized spacial score (nSPS) is 24.5. The maximum absolute atomic E-state index is 12.4. The monoisotopic (exact) mass is 304 g/mol. The number of benzene rings is 1. The first-order chi connectivity index (χ1) is 10.6. The van der Waals surface area contributed by atoms with Gasteiger partial charge >= 0.3 is 12.0 Å². The average molecular weight is 304 g/mol. The maximum Gasteiger partial charge on any atom is 0.318 e. The number of carbonyl (C=O) groups excluding carboxylic acids is 1. The summed E-state index contributed by atoms with van der Waals surface area (Å²) in [6, 6.07) is 7.38. The number of urea groups is 1. The van der Waals surface area contributed by atoms with Gasteiger partial charge in [0.1, 0.15) is 11.9 Å². The second-order valence-corrected chi connectivity index (χ2v) is 5.89. The van der Waals surface area contributed by atoms with E-state index >= 15 is 0 Å². The van der Waals surface area contributed by atoms with E-state index in [4.69, 9.17) is 9.84 Å². The predicted molar refractivity (Wildman–Crippen MR) is 79.7 cm³/mol. The number of nitrogens with one attached hydrogen (secondary N) is 1. The maximum atomic E-state index is 12.4. The van der Waals surface area contributed by atoms with E-state index in [1.807, 2.05) is 31.2 Å². The number of carboxylic acid groups (broad SMARTS) is 1. The molecule has 6 heteroatoms. The molecule has 2 aliphatic heterocycles. The molecule has 3 rings (SSSR count). The Morgan fingerprint density at radius 3 is 2.64 bits per heavy atom. The molecule has 0 bridgehead atoms. The molecule has 2 atom stereocenters. The number of para-hydroxylation sites is 1. The second kappa shape index (κ2) is 5.87. The van der Waals surface area contributed by atoms with Crippen molar-refractivity contribution in [3.63, 3.8) is 0 Å². The molecule has 2 N–H and O–H groups in total. The zero-order valence-electron chi connectivity index (χ0n) is 12.5. The van der Waals surface area contributed by atoms with Crippen LogP contribution >= 0.6 is 0 Å². The Hall–Kier alpha value is -2.24. The highest BCUT2D eigenvalue weighted by molar-refractivity contribution is 5.76. The van der Waals surface area contributed by atoms with Crippen LogP contribution in [-0.4, -0.2) is 41.2 Å². The number of likely N-dealkylation sites (tertiary alicyclic amines) is 1. The summed E-state index contributed by atoms with van der Waals surface area (Å²) in [5.41, 5.74) is 0.990. The molecule has 6 nitrogen and oxygen atoms in total. The van der Waals surface area contributed by atoms with Gasteiger partial charge in [-0.3, -0.25) is 4.79 Å². The quantitative estimate of drug-likeness (QED) is 0.876. The van der Waals surface area contributed by atoms with E-state index in [-0.39, 0.29) is 24.1 Å². The molecular formula is C16H20N2O4. The highest BCUT2D eigenvalue weighted by atomic mass is 16.5. The van der Waals surface area contributed by atoms with Crippen molar-refractivity contribution >= 4 is 12.0 Å². The molecular weight excluding hydrogens is 284 g/mol. The van der Waals surface area contributed by atoms with E-state index in [0.29, 0.717) is 25.9 Å². The molecule has 0 radical (unpaired) electrons. The number of hydrogen-bond acceptors (Lipinski definition) is 3. The van der Waals surface area contributed by atoms with Gasteiger partial charge in [0, 0.05) is 18.7 Å². The van der Waals surface area contributed by atoms with Crippen molar-refractivity contribution in [1.82, 2.24) is 10.2 Å². The highest BCUT2D eigenvalue weighted by Gasteiger charge is 2.34. The molecule has 0 aliphatic carbocycles. The summed E-state index contributed by atoms with van der Waals surface area (Å²) in [6.07, 6.45) is 0.907. The van der Waals surface area contributed by atoms with Crippen LogP contribution in [0, 0.1) is 5.92 Å². The minimum atomic E-state index is -0.771. The minimum Gasteiger partial charge on any atom is -0.488 e. The van der Waals surface area contributed by atoms with Gasteiger partial charge in [0.15, 0.2) is 0 Å². The van der Waals surface area contributed by atoms with Crippen LogP contribution in [0.5, 0.6) is 5.75 Å². The van der Waals surface area contributed by atoms with Crippen molar-refractivity contribution < 1.29 is 19.4 Å². The lowest BCUT2D eigenvalue weighted by molar-refractivity contribution is -0.143. The molecule has 2 heterocycles. The van der Waals surface area contributed by atoms with Crippen molar-refractivity contribution in [3.8, 4) is 5.75 Å². The Kier molecular flexibility index (Phi) is 3.92. The lowest BCUT2D eigenvalue weighted by Crippen LogP contribution is -2.47. The number of carboxylic acids is 1. The number of rotatable bonds is 2. The number of piperidine rings is 1. The van der Waals surface area contributed by atoms with Crippen molar-refractivity contribution in [2.24, 2.45) is 5.92 Å². The van der Waals surface area contributed by atoms with Crippen LogP contribution in [0.15, 0.2) is 24.3 Å². The lowest BCUT2D eigenvalue weighted by atomic mass is 9.97. The van der Waals surface area contributed by atoms with Gasteiger partial charge in [-0.25, -0.2) is 4.79 Å². The van der Waals surface area contributed by atoms with E-state index in [9.17, 15) is 9.59 Å². The van der Waals surface area contributed by atoms with Gasteiger partial charge in [-0.05, 0) is 25.8 Å². The average Bonchev–Trinajstić information content (AvgIpc) is 2.83. The first-order valence-corrected chi connectivity index (χ1v) is 7.60. The van der Waals surface area contributed by atoms with E-state index in [2.05, 4.69) is 5.32 Å². The van der Waals surface area contributed by atoms with Crippen molar-refractivity contribution in [2.75, 3.05) is 13.1 Å². The Balaban J connectivity index is 1.62. The number of fused-ring (bicyclic) bond motifs is 1. The third kappa shape index (κ3) is 2.73. The second-order valence-electron chi connectivity index (χ2n) is 5.89. The van der Waals surface area contributed by atoms with Gasteiger partial charge in [0.2, 0.25) is 0 Å². The highest BCUT2D eigenvalue weighted by Crippen LogP contribution is 2.36. The summed E-state index contributed by atoms with van der Waals surface area (Å²) < 4.78 is 5.75. The summed E-state index contributed by atoms with van der Waals surface area (Å²) in [5, 5.41) is 12.0. The smallest absolute Gasteiger partial charge is 0.318 e. The third-order valence-electron chi connectivity index (χ3n) is 4.45. The Labute approximate surface area is 129 Å². The number of carbonyl (C=O) groups is 2. The van der Waals surface area contributed by atoms with Gasteiger partial charge in [0.05, 0.1) is 12.0 Å². The molecule has 0 spiro atoms. The van der Waals surface area contributed by atoms with Crippen LogP contribution < -0.4 is 10.1 Å². The third-order valence-corrected chi connectivity index (χ3v) is 4.45. The summed E-state index contributed by atoms with van der Waals surface area (Å²) in [4.78, 5) is 25.0. The fraction of sp³-hybridized carbons (Fsp3) is 0.500. The summed E-state index contributed by atoms with van der Waals surface area (Å²) in [6.45, 7) is 2.89. The van der Waals surface area contributed by atoms with E-state index < -0.39 is 5.97 Å². The number of hydrogen-bond donors (Lipinski definition) is 2. The number of ether oxygens (including phenoxy) is 1. The fourth-order valence-electron chi connectivity index (χ4n) is 3.11. The van der Waals surface area contributed by atoms with E-state index in [1.54, 1.807) is 4.90 Å². The minimum absolute atomic E-state index is 0.113. The number of amides is 2. The summed E-state index contributed by atoms with van der Waals surface area (Å²) in [5.74, 6) is -0.296. The van der Waals surface area contributed by atoms with Crippen LogP contribution in [0.1, 0.15) is 31.4 Å². The van der Waals surface area contributed by atoms with Crippen LogP contribution in [0.3, 0.4) is 0 Å². The van der Waals surface area contributed by atoms with Gasteiger partial charge in [-0.15, -0.1) is 0 Å². The van der Waals surface area contributed by atoms with Crippen molar-refractivity contribution in [3.05, 3.63) is 29.8 Å². The van der Waals surface area contributed by atoms with Gasteiger partial charge in [0.25, 0.3) is 0 Å².